The third-order valence-corrected chi connectivity index (χ3v) is 7.07. The highest BCUT2D eigenvalue weighted by Crippen LogP contribution is 2.28. The molecule has 0 aliphatic heterocycles. The molecule has 0 spiro atoms. The van der Waals surface area contributed by atoms with Gasteiger partial charge in [0.25, 0.3) is 0 Å². The van der Waals surface area contributed by atoms with Gasteiger partial charge in [0.1, 0.15) is 17.4 Å². The second-order valence-electron chi connectivity index (χ2n) is 9.94. The third kappa shape index (κ3) is 8.19. The van der Waals surface area contributed by atoms with E-state index >= 15 is 0 Å². The molecule has 2 aromatic carbocycles. The predicted molar refractivity (Wildman–Crippen MR) is 155 cm³/mol. The summed E-state index contributed by atoms with van der Waals surface area (Å²) in [7, 11) is 5.73. The van der Waals surface area contributed by atoms with Crippen molar-refractivity contribution < 1.29 is 4.74 Å². The molecule has 1 aliphatic carbocycles. The summed E-state index contributed by atoms with van der Waals surface area (Å²) < 4.78 is 5.37. The number of benzene rings is 2. The molecule has 0 radical (unpaired) electrons. The molecule has 1 aliphatic rings. The maximum Gasteiger partial charge on any atom is 0.139 e. The van der Waals surface area contributed by atoms with E-state index < -0.39 is 0 Å². The Morgan fingerprint density at radius 3 is 2.22 bits per heavy atom. The van der Waals surface area contributed by atoms with Crippen molar-refractivity contribution >= 4 is 16.7 Å². The van der Waals surface area contributed by atoms with Crippen LogP contribution in [0, 0.1) is 32.6 Å². The van der Waals surface area contributed by atoms with Gasteiger partial charge >= 0.3 is 0 Å². The van der Waals surface area contributed by atoms with E-state index in [-0.39, 0.29) is 0 Å². The van der Waals surface area contributed by atoms with Crippen LogP contribution < -0.4 is 15.0 Å². The van der Waals surface area contributed by atoms with Gasteiger partial charge in [-0.1, -0.05) is 51.8 Å². The van der Waals surface area contributed by atoms with Gasteiger partial charge in [0.05, 0.1) is 12.6 Å². The molecule has 0 amide bonds. The molecule has 1 heterocycles. The summed E-state index contributed by atoms with van der Waals surface area (Å²) >= 11 is 0. The van der Waals surface area contributed by atoms with Gasteiger partial charge in [-0.3, -0.25) is 0 Å². The Morgan fingerprint density at radius 2 is 1.58 bits per heavy atom. The monoisotopic (exact) mass is 492 g/mol. The number of nitrogens with zero attached hydrogens (tertiary/aromatic N) is 3. The van der Waals surface area contributed by atoms with Crippen molar-refractivity contribution in [3.05, 3.63) is 58.9 Å². The molecule has 198 valence electrons. The zero-order valence-corrected chi connectivity index (χ0v) is 24.1. The van der Waals surface area contributed by atoms with Gasteiger partial charge in [0.15, 0.2) is 0 Å². The van der Waals surface area contributed by atoms with E-state index in [9.17, 15) is 0 Å². The van der Waals surface area contributed by atoms with Crippen LogP contribution in [-0.2, 0) is 6.54 Å². The first kappa shape index (κ1) is 29.6. The van der Waals surface area contributed by atoms with Crippen molar-refractivity contribution in [2.75, 3.05) is 32.6 Å². The van der Waals surface area contributed by atoms with Crippen LogP contribution in [0.2, 0.25) is 0 Å². The highest BCUT2D eigenvalue weighted by atomic mass is 16.5. The van der Waals surface area contributed by atoms with Gasteiger partial charge in [-0.25, -0.2) is 9.97 Å². The fourth-order valence-corrected chi connectivity index (χ4v) is 4.72. The van der Waals surface area contributed by atoms with Gasteiger partial charge in [0, 0.05) is 26.0 Å². The van der Waals surface area contributed by atoms with Crippen LogP contribution in [0.4, 0.5) is 5.82 Å². The highest BCUT2D eigenvalue weighted by molar-refractivity contribution is 5.89. The van der Waals surface area contributed by atoms with Crippen molar-refractivity contribution in [1.82, 2.24) is 15.3 Å². The number of hydrogen-bond donors (Lipinski definition) is 1. The van der Waals surface area contributed by atoms with Crippen LogP contribution in [0.1, 0.15) is 69.0 Å². The van der Waals surface area contributed by atoms with Crippen molar-refractivity contribution in [3.8, 4) is 5.75 Å². The molecule has 1 aromatic heterocycles. The molecule has 4 rings (SSSR count). The Morgan fingerprint density at radius 1 is 0.917 bits per heavy atom. The molecule has 1 saturated carbocycles. The number of para-hydroxylation sites is 1. The summed E-state index contributed by atoms with van der Waals surface area (Å²) in [5, 5.41) is 4.75. The Kier molecular flexibility index (Phi) is 12.1. The van der Waals surface area contributed by atoms with E-state index in [1.54, 1.807) is 7.11 Å². The SMILES string of the molecule is CC.COc1ccc(CNCC2CCC(C)CC2)c(C)c1C.Cc1nc(N(C)C)c2ccccc2n1. The van der Waals surface area contributed by atoms with Crippen LogP contribution in [0.15, 0.2) is 36.4 Å². The third-order valence-electron chi connectivity index (χ3n) is 7.07. The van der Waals surface area contributed by atoms with Gasteiger partial charge in [-0.05, 0) is 86.9 Å². The molecular weight excluding hydrogens is 444 g/mol. The molecule has 5 heteroatoms. The average Bonchev–Trinajstić information content (AvgIpc) is 2.89. The van der Waals surface area contributed by atoms with Crippen LogP contribution in [0.3, 0.4) is 0 Å². The number of nitrogens with one attached hydrogen (secondary N) is 1. The summed E-state index contributed by atoms with van der Waals surface area (Å²) in [6.45, 7) is 14.8. The summed E-state index contributed by atoms with van der Waals surface area (Å²) in [5.74, 6) is 4.61. The van der Waals surface area contributed by atoms with E-state index in [1.807, 2.05) is 64.0 Å². The summed E-state index contributed by atoms with van der Waals surface area (Å²) in [4.78, 5) is 10.8. The van der Waals surface area contributed by atoms with Gasteiger partial charge in [0.2, 0.25) is 0 Å². The molecule has 1 fully saturated rings. The lowest BCUT2D eigenvalue weighted by atomic mass is 9.83. The number of anilines is 1. The normalized spacial score (nSPS) is 16.9. The Hall–Kier alpha value is -2.66. The maximum absolute atomic E-state index is 5.37. The molecule has 0 saturated heterocycles. The van der Waals surface area contributed by atoms with Crippen molar-refractivity contribution in [2.45, 2.75) is 73.8 Å². The smallest absolute Gasteiger partial charge is 0.139 e. The molecule has 36 heavy (non-hydrogen) atoms. The molecule has 3 aromatic rings. The lowest BCUT2D eigenvalue weighted by Crippen LogP contribution is -2.26. The van der Waals surface area contributed by atoms with E-state index in [4.69, 9.17) is 4.74 Å². The largest absolute Gasteiger partial charge is 0.496 e. The van der Waals surface area contributed by atoms with Gasteiger partial charge in [-0.2, -0.15) is 0 Å². The van der Waals surface area contributed by atoms with Crippen molar-refractivity contribution in [2.24, 2.45) is 11.8 Å². The summed E-state index contributed by atoms with van der Waals surface area (Å²) in [5.41, 5.74) is 5.02. The maximum atomic E-state index is 5.37. The molecule has 1 N–H and O–H groups in total. The molecule has 0 unspecified atom stereocenters. The lowest BCUT2D eigenvalue weighted by molar-refractivity contribution is 0.281. The van der Waals surface area contributed by atoms with Crippen molar-refractivity contribution in [3.63, 3.8) is 0 Å². The first-order chi connectivity index (χ1) is 17.3. The minimum Gasteiger partial charge on any atom is -0.496 e. The van der Waals surface area contributed by atoms with Crippen LogP contribution in [0.5, 0.6) is 5.75 Å². The highest BCUT2D eigenvalue weighted by Gasteiger charge is 2.17. The Balaban J connectivity index is 0.000000250. The first-order valence-corrected chi connectivity index (χ1v) is 13.5. The van der Waals surface area contributed by atoms with Gasteiger partial charge in [-0.15, -0.1) is 0 Å². The second-order valence-corrected chi connectivity index (χ2v) is 9.94. The van der Waals surface area contributed by atoms with E-state index in [0.717, 1.165) is 53.2 Å². The molecule has 0 atom stereocenters. The summed E-state index contributed by atoms with van der Waals surface area (Å²) in [6.07, 6.45) is 5.61. The zero-order valence-electron chi connectivity index (χ0n) is 24.1. The first-order valence-electron chi connectivity index (χ1n) is 13.5. The standard InChI is InChI=1S/C18H29NO.C11H13N3.C2H6/c1-13-5-7-16(8-6-13)11-19-12-17-9-10-18(20-4)15(3)14(17)2;1-8-12-10-7-5-4-6-9(10)11(13-8)14(2)3;1-2/h9-10,13,16,19H,5-8,11-12H2,1-4H3;4-7H,1-3H3;1-2H3. The minimum atomic E-state index is 0.812. The number of aromatic nitrogens is 2. The van der Waals surface area contributed by atoms with E-state index in [2.05, 4.69) is 48.2 Å². The van der Waals surface area contributed by atoms with Gasteiger partial charge < -0.3 is 15.0 Å². The minimum absolute atomic E-state index is 0.812. The number of aryl methyl sites for hydroxylation is 1. The quantitative estimate of drug-likeness (QED) is 0.392. The van der Waals surface area contributed by atoms with E-state index in [0.29, 0.717) is 0 Å². The lowest BCUT2D eigenvalue weighted by Gasteiger charge is -2.26. The van der Waals surface area contributed by atoms with E-state index in [1.165, 1.54) is 42.4 Å². The fraction of sp³-hybridized carbons (Fsp3) is 0.548. The fourth-order valence-electron chi connectivity index (χ4n) is 4.72. The second kappa shape index (κ2) is 14.8. The number of ether oxygens (including phenoxy) is 1. The van der Waals surface area contributed by atoms with Crippen molar-refractivity contribution in [1.29, 1.82) is 0 Å². The molecular formula is C31H48N4O. The molecule has 5 nitrogen and oxygen atoms in total. The molecule has 0 bridgehead atoms. The Bertz CT molecular complexity index is 1070. The van der Waals surface area contributed by atoms with Crippen LogP contribution >= 0.6 is 0 Å². The number of methoxy groups -OCH3 is 1. The number of fused-ring (bicyclic) bond motifs is 1. The zero-order chi connectivity index (χ0) is 26.7. The number of rotatable bonds is 6. The Labute approximate surface area is 219 Å². The van der Waals surface area contributed by atoms with Crippen LogP contribution in [0.25, 0.3) is 10.9 Å². The van der Waals surface area contributed by atoms with Crippen LogP contribution in [-0.4, -0.2) is 37.7 Å². The topological polar surface area (TPSA) is 50.3 Å². The predicted octanol–water partition coefficient (Wildman–Crippen LogP) is 7.26. The summed E-state index contributed by atoms with van der Waals surface area (Å²) in [6, 6.07) is 12.3. The average molecular weight is 493 g/mol. The number of hydrogen-bond acceptors (Lipinski definition) is 5.